The minimum Gasteiger partial charge on any atom is -0.479 e. The second-order valence-corrected chi connectivity index (χ2v) is 4.13. The molecule has 2 rings (SSSR count). The van der Waals surface area contributed by atoms with Crippen LogP contribution >= 0.6 is 0 Å². The normalized spacial score (nSPS) is 11.9. The third-order valence-corrected chi connectivity index (χ3v) is 2.69. The molecule has 1 atom stereocenters. The molecular formula is C15H13FO3. The lowest BCUT2D eigenvalue weighted by atomic mass is 10.1. The summed E-state index contributed by atoms with van der Waals surface area (Å²) in [5.41, 5.74) is 1.80. The van der Waals surface area contributed by atoms with E-state index in [-0.39, 0.29) is 5.82 Å². The Hall–Kier alpha value is -2.36. The Balaban J connectivity index is 2.14. The van der Waals surface area contributed by atoms with Crippen molar-refractivity contribution in [3.05, 3.63) is 54.3 Å². The third kappa shape index (κ3) is 3.31. The molecule has 0 amide bonds. The van der Waals surface area contributed by atoms with E-state index in [0.29, 0.717) is 5.75 Å². The number of hydrogen-bond acceptors (Lipinski definition) is 2. The monoisotopic (exact) mass is 260 g/mol. The molecule has 3 nitrogen and oxygen atoms in total. The Morgan fingerprint density at radius 3 is 2.00 bits per heavy atom. The maximum absolute atomic E-state index is 12.8. The summed E-state index contributed by atoms with van der Waals surface area (Å²) in [6, 6.07) is 13.2. The van der Waals surface area contributed by atoms with E-state index in [9.17, 15) is 9.18 Å². The van der Waals surface area contributed by atoms with Gasteiger partial charge in [0.1, 0.15) is 11.6 Å². The molecule has 0 saturated carbocycles. The second-order valence-electron chi connectivity index (χ2n) is 4.13. The zero-order valence-corrected chi connectivity index (χ0v) is 10.3. The van der Waals surface area contributed by atoms with Gasteiger partial charge in [-0.25, -0.2) is 9.18 Å². The molecule has 0 bridgehead atoms. The van der Waals surface area contributed by atoms with Crippen LogP contribution in [0.15, 0.2) is 48.5 Å². The van der Waals surface area contributed by atoms with Gasteiger partial charge in [-0.3, -0.25) is 0 Å². The van der Waals surface area contributed by atoms with E-state index >= 15 is 0 Å². The number of benzene rings is 2. The summed E-state index contributed by atoms with van der Waals surface area (Å²) in [6.07, 6.45) is -0.892. The number of aliphatic carboxylic acids is 1. The van der Waals surface area contributed by atoms with Gasteiger partial charge in [0.25, 0.3) is 0 Å². The van der Waals surface area contributed by atoms with Crippen LogP contribution in [0.2, 0.25) is 0 Å². The first-order valence-electron chi connectivity index (χ1n) is 5.82. The first-order chi connectivity index (χ1) is 9.06. The van der Waals surface area contributed by atoms with Crippen molar-refractivity contribution < 1.29 is 19.0 Å². The fourth-order valence-electron chi connectivity index (χ4n) is 1.62. The van der Waals surface area contributed by atoms with Gasteiger partial charge < -0.3 is 9.84 Å². The molecule has 98 valence electrons. The highest BCUT2D eigenvalue weighted by atomic mass is 19.1. The molecule has 19 heavy (non-hydrogen) atoms. The lowest BCUT2D eigenvalue weighted by Gasteiger charge is -2.10. The van der Waals surface area contributed by atoms with Gasteiger partial charge in [-0.05, 0) is 42.3 Å². The lowest BCUT2D eigenvalue weighted by molar-refractivity contribution is -0.144. The zero-order valence-electron chi connectivity index (χ0n) is 10.3. The van der Waals surface area contributed by atoms with Gasteiger partial charge in [0.15, 0.2) is 6.10 Å². The Morgan fingerprint density at radius 1 is 1.05 bits per heavy atom. The number of carboxylic acid groups (broad SMARTS) is 1. The Bertz CT molecular complexity index is 561. The van der Waals surface area contributed by atoms with Gasteiger partial charge in [0.05, 0.1) is 0 Å². The molecule has 0 radical (unpaired) electrons. The standard InChI is InChI=1S/C15H13FO3/c1-10(15(17)18)19-14-8-4-12(5-9-14)11-2-6-13(16)7-3-11/h2-10H,1H3,(H,17,18). The van der Waals surface area contributed by atoms with Crippen molar-refractivity contribution in [2.45, 2.75) is 13.0 Å². The molecule has 2 aromatic carbocycles. The van der Waals surface area contributed by atoms with Gasteiger partial charge in [0.2, 0.25) is 0 Å². The van der Waals surface area contributed by atoms with E-state index in [4.69, 9.17) is 9.84 Å². The summed E-state index contributed by atoms with van der Waals surface area (Å²) in [4.78, 5) is 10.7. The predicted molar refractivity (Wildman–Crippen MR) is 69.6 cm³/mol. The Kier molecular flexibility index (Phi) is 3.80. The largest absolute Gasteiger partial charge is 0.479 e. The van der Waals surface area contributed by atoms with Crippen LogP contribution < -0.4 is 4.74 Å². The fourth-order valence-corrected chi connectivity index (χ4v) is 1.62. The van der Waals surface area contributed by atoms with Gasteiger partial charge in [-0.1, -0.05) is 24.3 Å². The first kappa shape index (κ1) is 13.1. The van der Waals surface area contributed by atoms with Crippen LogP contribution in [0.1, 0.15) is 6.92 Å². The molecule has 0 saturated heterocycles. The molecule has 0 aromatic heterocycles. The van der Waals surface area contributed by atoms with E-state index in [1.807, 2.05) is 0 Å². The van der Waals surface area contributed by atoms with Crippen molar-refractivity contribution in [2.75, 3.05) is 0 Å². The van der Waals surface area contributed by atoms with E-state index in [2.05, 4.69) is 0 Å². The maximum atomic E-state index is 12.8. The van der Waals surface area contributed by atoms with Crippen molar-refractivity contribution in [3.63, 3.8) is 0 Å². The van der Waals surface area contributed by atoms with Crippen molar-refractivity contribution >= 4 is 5.97 Å². The zero-order chi connectivity index (χ0) is 13.8. The Morgan fingerprint density at radius 2 is 1.53 bits per heavy atom. The smallest absolute Gasteiger partial charge is 0.344 e. The molecule has 0 aliphatic carbocycles. The average Bonchev–Trinajstić information content (AvgIpc) is 2.40. The molecule has 0 aliphatic rings. The van der Waals surface area contributed by atoms with Crippen LogP contribution in [0.5, 0.6) is 5.75 Å². The molecular weight excluding hydrogens is 247 g/mol. The van der Waals surface area contributed by atoms with Crippen LogP contribution in [0.25, 0.3) is 11.1 Å². The Labute approximate surface area is 110 Å². The summed E-state index contributed by atoms with van der Waals surface area (Å²) in [6.45, 7) is 1.47. The fraction of sp³-hybridized carbons (Fsp3) is 0.133. The van der Waals surface area contributed by atoms with E-state index in [1.54, 1.807) is 36.4 Å². The predicted octanol–water partition coefficient (Wildman–Crippen LogP) is 3.34. The summed E-state index contributed by atoms with van der Waals surface area (Å²) < 4.78 is 18.0. The van der Waals surface area contributed by atoms with Crippen LogP contribution in [-0.2, 0) is 4.79 Å². The van der Waals surface area contributed by atoms with Crippen LogP contribution in [-0.4, -0.2) is 17.2 Å². The summed E-state index contributed by atoms with van der Waals surface area (Å²) in [5.74, 6) is -0.803. The van der Waals surface area contributed by atoms with Crippen molar-refractivity contribution in [3.8, 4) is 16.9 Å². The molecule has 0 spiro atoms. The number of carboxylic acids is 1. The molecule has 4 heteroatoms. The van der Waals surface area contributed by atoms with Crippen LogP contribution in [0, 0.1) is 5.82 Å². The topological polar surface area (TPSA) is 46.5 Å². The summed E-state index contributed by atoms with van der Waals surface area (Å²) in [5, 5.41) is 8.74. The number of ether oxygens (including phenoxy) is 1. The maximum Gasteiger partial charge on any atom is 0.344 e. The second kappa shape index (κ2) is 5.52. The van der Waals surface area contributed by atoms with Gasteiger partial charge in [-0.2, -0.15) is 0 Å². The van der Waals surface area contributed by atoms with Crippen LogP contribution in [0.4, 0.5) is 4.39 Å². The SMILES string of the molecule is CC(Oc1ccc(-c2ccc(F)cc2)cc1)C(=O)O. The number of rotatable bonds is 4. The van der Waals surface area contributed by atoms with Gasteiger partial charge >= 0.3 is 5.97 Å². The lowest BCUT2D eigenvalue weighted by Crippen LogP contribution is -2.22. The molecule has 1 N–H and O–H groups in total. The minimum absolute atomic E-state index is 0.279. The molecule has 2 aromatic rings. The number of halogens is 1. The average molecular weight is 260 g/mol. The minimum atomic E-state index is -1.01. The first-order valence-corrected chi connectivity index (χ1v) is 5.82. The van der Waals surface area contributed by atoms with E-state index < -0.39 is 12.1 Å². The van der Waals surface area contributed by atoms with Crippen LogP contribution in [0.3, 0.4) is 0 Å². The number of carbonyl (C=O) groups is 1. The van der Waals surface area contributed by atoms with E-state index in [1.165, 1.54) is 19.1 Å². The summed E-state index contributed by atoms with van der Waals surface area (Å²) in [7, 11) is 0. The molecule has 0 heterocycles. The molecule has 0 fully saturated rings. The number of hydrogen-bond donors (Lipinski definition) is 1. The van der Waals surface area contributed by atoms with Gasteiger partial charge in [0, 0.05) is 0 Å². The van der Waals surface area contributed by atoms with Crippen molar-refractivity contribution in [1.29, 1.82) is 0 Å². The molecule has 1 unspecified atom stereocenters. The summed E-state index contributed by atoms with van der Waals surface area (Å²) >= 11 is 0. The third-order valence-electron chi connectivity index (χ3n) is 2.69. The highest BCUT2D eigenvalue weighted by Crippen LogP contribution is 2.23. The molecule has 0 aliphatic heterocycles. The van der Waals surface area contributed by atoms with Crippen molar-refractivity contribution in [1.82, 2.24) is 0 Å². The quantitative estimate of drug-likeness (QED) is 0.917. The van der Waals surface area contributed by atoms with E-state index in [0.717, 1.165) is 11.1 Å². The van der Waals surface area contributed by atoms with Gasteiger partial charge in [-0.15, -0.1) is 0 Å². The van der Waals surface area contributed by atoms with Crippen molar-refractivity contribution in [2.24, 2.45) is 0 Å². The highest BCUT2D eigenvalue weighted by molar-refractivity contribution is 5.72. The highest BCUT2D eigenvalue weighted by Gasteiger charge is 2.12.